The van der Waals surface area contributed by atoms with Crippen LogP contribution in [-0.2, 0) is 17.9 Å². The molecule has 4 rings (SSSR count). The third-order valence-corrected chi connectivity index (χ3v) is 5.09. The smallest absolute Gasteiger partial charge is 0.227 e. The van der Waals surface area contributed by atoms with Crippen molar-refractivity contribution in [3.8, 4) is 0 Å². The molecular weight excluding hydrogens is 374 g/mol. The number of halogens is 1. The Morgan fingerprint density at radius 3 is 2.79 bits per heavy atom. The summed E-state index contributed by atoms with van der Waals surface area (Å²) >= 11 is 5.98. The monoisotopic (exact) mass is 393 g/mol. The average Bonchev–Trinajstić information content (AvgIpc) is 3.27. The van der Waals surface area contributed by atoms with E-state index < -0.39 is 0 Å². The number of amides is 1. The Morgan fingerprint density at radius 2 is 1.96 bits per heavy atom. The quantitative estimate of drug-likeness (QED) is 0.532. The van der Waals surface area contributed by atoms with Gasteiger partial charge in [-0.2, -0.15) is 10.2 Å². The van der Waals surface area contributed by atoms with Gasteiger partial charge in [0, 0.05) is 18.7 Å². The van der Waals surface area contributed by atoms with Crippen LogP contribution in [0.2, 0.25) is 5.02 Å². The van der Waals surface area contributed by atoms with Crippen molar-refractivity contribution in [2.75, 3.05) is 5.32 Å². The van der Waals surface area contributed by atoms with Gasteiger partial charge >= 0.3 is 0 Å². The fraction of sp³-hybridized carbons (Fsp3) is 0.190. The zero-order chi connectivity index (χ0) is 19.5. The summed E-state index contributed by atoms with van der Waals surface area (Å²) in [5.41, 5.74) is 2.04. The van der Waals surface area contributed by atoms with Crippen molar-refractivity contribution >= 4 is 34.1 Å². The van der Waals surface area contributed by atoms with E-state index >= 15 is 0 Å². The predicted octanol–water partition coefficient (Wildman–Crippen LogP) is 4.27. The number of aryl methyl sites for hydroxylation is 1. The number of aromatic nitrogens is 4. The van der Waals surface area contributed by atoms with Crippen LogP contribution in [0.15, 0.2) is 60.9 Å². The molecule has 0 saturated heterocycles. The van der Waals surface area contributed by atoms with Crippen molar-refractivity contribution in [1.29, 1.82) is 0 Å². The van der Waals surface area contributed by atoms with E-state index in [9.17, 15) is 4.79 Å². The molecule has 0 bridgehead atoms. The van der Waals surface area contributed by atoms with Gasteiger partial charge in [0.2, 0.25) is 5.91 Å². The number of hydrogen-bond donors (Lipinski definition) is 1. The molecule has 4 aromatic rings. The second-order valence-electron chi connectivity index (χ2n) is 6.64. The van der Waals surface area contributed by atoms with Crippen molar-refractivity contribution in [2.24, 2.45) is 0 Å². The molecule has 0 fully saturated rings. The summed E-state index contributed by atoms with van der Waals surface area (Å²) in [6.45, 7) is 2.99. The summed E-state index contributed by atoms with van der Waals surface area (Å²) in [4.78, 5) is 12.2. The highest BCUT2D eigenvalue weighted by atomic mass is 35.5. The average molecular weight is 394 g/mol. The van der Waals surface area contributed by atoms with Crippen LogP contribution in [0.25, 0.3) is 10.8 Å². The van der Waals surface area contributed by atoms with Gasteiger partial charge in [-0.05, 0) is 23.3 Å². The molecule has 0 aliphatic rings. The Labute approximate surface area is 167 Å². The number of hydrogen-bond acceptors (Lipinski definition) is 3. The first-order chi connectivity index (χ1) is 13.6. The van der Waals surface area contributed by atoms with Gasteiger partial charge in [-0.1, -0.05) is 54.1 Å². The highest BCUT2D eigenvalue weighted by molar-refractivity contribution is 6.31. The zero-order valence-electron chi connectivity index (χ0n) is 15.5. The first kappa shape index (κ1) is 18.3. The van der Waals surface area contributed by atoms with Gasteiger partial charge < -0.3 is 5.32 Å². The standard InChI is InChI=1S/C21H20ClN5O/c1-15-19(22)13-23-27(15)12-10-21(28)24-20-9-11-26(25-20)14-17-7-4-6-16-5-2-3-8-18(16)17/h2-9,11,13H,10,12,14H2,1H3,(H,24,25,28). The summed E-state index contributed by atoms with van der Waals surface area (Å²) in [5.74, 6) is 0.432. The summed E-state index contributed by atoms with van der Waals surface area (Å²) in [6.07, 6.45) is 3.76. The lowest BCUT2D eigenvalue weighted by Crippen LogP contribution is -2.16. The summed E-state index contributed by atoms with van der Waals surface area (Å²) in [6, 6.07) is 16.3. The fourth-order valence-corrected chi connectivity index (χ4v) is 3.32. The summed E-state index contributed by atoms with van der Waals surface area (Å²) in [5, 5.41) is 14.5. The Bertz CT molecular complexity index is 1130. The van der Waals surface area contributed by atoms with E-state index in [1.54, 1.807) is 16.9 Å². The third-order valence-electron chi connectivity index (χ3n) is 4.71. The van der Waals surface area contributed by atoms with Crippen LogP contribution in [-0.4, -0.2) is 25.5 Å². The Morgan fingerprint density at radius 1 is 1.14 bits per heavy atom. The molecule has 2 aromatic carbocycles. The molecule has 6 nitrogen and oxygen atoms in total. The van der Waals surface area contributed by atoms with Crippen molar-refractivity contribution < 1.29 is 4.79 Å². The molecule has 0 unspecified atom stereocenters. The summed E-state index contributed by atoms with van der Waals surface area (Å²) < 4.78 is 3.55. The van der Waals surface area contributed by atoms with Crippen LogP contribution in [0.1, 0.15) is 17.7 Å². The van der Waals surface area contributed by atoms with E-state index in [4.69, 9.17) is 11.6 Å². The number of fused-ring (bicyclic) bond motifs is 1. The lowest BCUT2D eigenvalue weighted by atomic mass is 10.0. The molecule has 142 valence electrons. The largest absolute Gasteiger partial charge is 0.309 e. The molecule has 0 radical (unpaired) electrons. The van der Waals surface area contributed by atoms with Crippen molar-refractivity contribution in [2.45, 2.75) is 26.4 Å². The molecular formula is C21H20ClN5O. The van der Waals surface area contributed by atoms with Crippen molar-refractivity contribution in [3.63, 3.8) is 0 Å². The second-order valence-corrected chi connectivity index (χ2v) is 7.04. The van der Waals surface area contributed by atoms with Crippen LogP contribution in [0.5, 0.6) is 0 Å². The molecule has 0 atom stereocenters. The number of rotatable bonds is 6. The molecule has 28 heavy (non-hydrogen) atoms. The maximum Gasteiger partial charge on any atom is 0.227 e. The zero-order valence-corrected chi connectivity index (χ0v) is 16.2. The lowest BCUT2D eigenvalue weighted by molar-refractivity contribution is -0.116. The van der Waals surface area contributed by atoms with Crippen LogP contribution >= 0.6 is 11.6 Å². The maximum atomic E-state index is 12.2. The first-order valence-corrected chi connectivity index (χ1v) is 9.46. The van der Waals surface area contributed by atoms with Gasteiger partial charge in [-0.3, -0.25) is 14.2 Å². The molecule has 2 heterocycles. The molecule has 2 aromatic heterocycles. The number of carbonyl (C=O) groups excluding carboxylic acids is 1. The number of nitrogens with one attached hydrogen (secondary N) is 1. The van der Waals surface area contributed by atoms with Crippen LogP contribution in [0.3, 0.4) is 0 Å². The van der Waals surface area contributed by atoms with Crippen LogP contribution in [0.4, 0.5) is 5.82 Å². The van der Waals surface area contributed by atoms with E-state index in [0.717, 1.165) is 5.69 Å². The number of nitrogens with zero attached hydrogens (tertiary/aromatic N) is 4. The SMILES string of the molecule is Cc1c(Cl)cnn1CCC(=O)Nc1ccn(Cc2cccc3ccccc23)n1. The molecule has 1 N–H and O–H groups in total. The highest BCUT2D eigenvalue weighted by Gasteiger charge is 2.09. The highest BCUT2D eigenvalue weighted by Crippen LogP contribution is 2.19. The van der Waals surface area contributed by atoms with E-state index in [1.165, 1.54) is 16.3 Å². The molecule has 1 amide bonds. The van der Waals surface area contributed by atoms with Crippen molar-refractivity contribution in [1.82, 2.24) is 19.6 Å². The third kappa shape index (κ3) is 3.92. The molecule has 0 saturated carbocycles. The van der Waals surface area contributed by atoms with Crippen LogP contribution < -0.4 is 5.32 Å². The Balaban J connectivity index is 1.39. The van der Waals surface area contributed by atoms with Gasteiger partial charge in [0.05, 0.1) is 30.0 Å². The van der Waals surface area contributed by atoms with Gasteiger partial charge in [-0.25, -0.2) is 0 Å². The Kier molecular flexibility index (Phi) is 5.12. The van der Waals surface area contributed by atoms with Gasteiger partial charge in [-0.15, -0.1) is 0 Å². The summed E-state index contributed by atoms with van der Waals surface area (Å²) in [7, 11) is 0. The second kappa shape index (κ2) is 7.86. The lowest BCUT2D eigenvalue weighted by Gasteiger charge is -2.07. The number of anilines is 1. The number of carbonyl (C=O) groups is 1. The van der Waals surface area contributed by atoms with Gasteiger partial charge in [0.25, 0.3) is 0 Å². The minimum atomic E-state index is -0.110. The minimum Gasteiger partial charge on any atom is -0.309 e. The van der Waals surface area contributed by atoms with Crippen LogP contribution in [0, 0.1) is 6.92 Å². The molecule has 0 aliphatic carbocycles. The molecule has 0 aliphatic heterocycles. The normalized spacial score (nSPS) is 11.1. The fourth-order valence-electron chi connectivity index (χ4n) is 3.18. The molecule has 0 spiro atoms. The number of benzene rings is 2. The van der Waals surface area contributed by atoms with Crippen molar-refractivity contribution in [3.05, 3.63) is 77.2 Å². The van der Waals surface area contributed by atoms with E-state index in [1.807, 2.05) is 36.0 Å². The van der Waals surface area contributed by atoms with Gasteiger partial charge in [0.1, 0.15) is 0 Å². The Hall–Kier alpha value is -3.12. The molecule has 7 heteroatoms. The maximum absolute atomic E-state index is 12.2. The van der Waals surface area contributed by atoms with Gasteiger partial charge in [0.15, 0.2) is 5.82 Å². The topological polar surface area (TPSA) is 64.7 Å². The first-order valence-electron chi connectivity index (χ1n) is 9.08. The van der Waals surface area contributed by atoms with E-state index in [0.29, 0.717) is 30.4 Å². The van der Waals surface area contributed by atoms with E-state index in [2.05, 4.69) is 39.8 Å². The predicted molar refractivity (Wildman–Crippen MR) is 110 cm³/mol. The van der Waals surface area contributed by atoms with E-state index in [-0.39, 0.29) is 5.91 Å². The minimum absolute atomic E-state index is 0.110.